The highest BCUT2D eigenvalue weighted by Crippen LogP contribution is 2.45. The molecule has 0 saturated heterocycles. The Hall–Kier alpha value is -2.82. The summed E-state index contributed by atoms with van der Waals surface area (Å²) in [5, 5.41) is 0. The standard InChI is InChI=1S/C18H15NO4/c1-18(2)11-8-9(22-3)4-5-10(11)15(21)13-14-16(23-17(13)18)12(20)6-7-19-14/h4-8H,1-3H3,(H,19,20). The largest absolute Gasteiger partial charge is 0.497 e. The lowest BCUT2D eigenvalue weighted by atomic mass is 9.72. The molecule has 5 heteroatoms. The molecule has 5 nitrogen and oxygen atoms in total. The topological polar surface area (TPSA) is 72.3 Å². The third kappa shape index (κ3) is 1.67. The van der Waals surface area contributed by atoms with Crippen LogP contribution in [0.25, 0.3) is 11.1 Å². The Bertz CT molecular complexity index is 1020. The zero-order valence-electron chi connectivity index (χ0n) is 13.0. The summed E-state index contributed by atoms with van der Waals surface area (Å²) >= 11 is 0. The number of aromatic nitrogens is 1. The summed E-state index contributed by atoms with van der Waals surface area (Å²) in [5.41, 5.74) is 1.76. The van der Waals surface area contributed by atoms with E-state index in [1.165, 1.54) is 12.3 Å². The Morgan fingerprint density at radius 1 is 1.17 bits per heavy atom. The Morgan fingerprint density at radius 2 is 1.96 bits per heavy atom. The summed E-state index contributed by atoms with van der Waals surface area (Å²) in [6.07, 6.45) is 1.53. The van der Waals surface area contributed by atoms with Crippen molar-refractivity contribution in [3.8, 4) is 5.75 Å². The number of carbonyl (C=O) groups is 1. The van der Waals surface area contributed by atoms with Gasteiger partial charge in [0.1, 0.15) is 17.0 Å². The highest BCUT2D eigenvalue weighted by atomic mass is 16.5. The van der Waals surface area contributed by atoms with Crippen LogP contribution in [0.3, 0.4) is 0 Å². The van der Waals surface area contributed by atoms with Crippen molar-refractivity contribution in [2.24, 2.45) is 0 Å². The van der Waals surface area contributed by atoms with E-state index in [0.29, 0.717) is 28.2 Å². The average molecular weight is 309 g/mol. The Morgan fingerprint density at radius 3 is 2.70 bits per heavy atom. The van der Waals surface area contributed by atoms with Gasteiger partial charge in [-0.25, -0.2) is 0 Å². The van der Waals surface area contributed by atoms with E-state index < -0.39 is 5.41 Å². The number of H-pyrrole nitrogens is 1. The molecule has 0 atom stereocenters. The van der Waals surface area contributed by atoms with Crippen LogP contribution in [-0.2, 0) is 5.41 Å². The van der Waals surface area contributed by atoms with Crippen molar-refractivity contribution >= 4 is 16.9 Å². The molecule has 0 bridgehead atoms. The molecule has 0 saturated carbocycles. The Balaban J connectivity index is 2.12. The van der Waals surface area contributed by atoms with Crippen molar-refractivity contribution in [3.63, 3.8) is 0 Å². The second-order valence-corrected chi connectivity index (χ2v) is 6.22. The Kier molecular flexibility index (Phi) is 2.61. The minimum Gasteiger partial charge on any atom is -0.497 e. The second-order valence-electron chi connectivity index (χ2n) is 6.22. The molecule has 0 aliphatic heterocycles. The third-order valence-corrected chi connectivity index (χ3v) is 4.53. The molecule has 1 N–H and O–H groups in total. The molecule has 1 aromatic carbocycles. The van der Waals surface area contributed by atoms with Crippen molar-refractivity contribution in [3.05, 3.63) is 63.1 Å². The molecule has 0 unspecified atom stereocenters. The van der Waals surface area contributed by atoms with E-state index in [0.717, 1.165) is 5.56 Å². The lowest BCUT2D eigenvalue weighted by Gasteiger charge is -2.30. The maximum Gasteiger partial charge on any atom is 0.224 e. The molecule has 0 radical (unpaired) electrons. The predicted octanol–water partition coefficient (Wildman–Crippen LogP) is 3.00. The number of aromatic amines is 1. The van der Waals surface area contributed by atoms with E-state index >= 15 is 0 Å². The summed E-state index contributed by atoms with van der Waals surface area (Å²) in [5.74, 6) is 1.05. The third-order valence-electron chi connectivity index (χ3n) is 4.53. The minimum absolute atomic E-state index is 0.141. The number of ketones is 1. The van der Waals surface area contributed by atoms with E-state index in [9.17, 15) is 9.59 Å². The number of hydrogen-bond donors (Lipinski definition) is 1. The van der Waals surface area contributed by atoms with Crippen molar-refractivity contribution in [1.82, 2.24) is 4.98 Å². The van der Waals surface area contributed by atoms with Gasteiger partial charge in [0.05, 0.1) is 12.7 Å². The van der Waals surface area contributed by atoms with Crippen molar-refractivity contribution < 1.29 is 13.9 Å². The number of fused-ring (bicyclic) bond motifs is 4. The number of pyridine rings is 1. The molecule has 0 fully saturated rings. The van der Waals surface area contributed by atoms with Gasteiger partial charge < -0.3 is 14.1 Å². The number of carbonyl (C=O) groups excluding carboxylic acids is 1. The zero-order chi connectivity index (χ0) is 16.4. The van der Waals surface area contributed by atoms with Crippen LogP contribution >= 0.6 is 0 Å². The first kappa shape index (κ1) is 13.8. The predicted molar refractivity (Wildman–Crippen MR) is 85.4 cm³/mol. The summed E-state index contributed by atoms with van der Waals surface area (Å²) in [6.45, 7) is 3.95. The van der Waals surface area contributed by atoms with Gasteiger partial charge >= 0.3 is 0 Å². The van der Waals surface area contributed by atoms with Crippen LogP contribution < -0.4 is 10.2 Å². The molecule has 3 aromatic rings. The van der Waals surface area contributed by atoms with Gasteiger partial charge in [0.25, 0.3) is 0 Å². The first-order valence-electron chi connectivity index (χ1n) is 7.33. The number of hydrogen-bond acceptors (Lipinski definition) is 4. The highest BCUT2D eigenvalue weighted by Gasteiger charge is 2.42. The quantitative estimate of drug-likeness (QED) is 0.750. The van der Waals surface area contributed by atoms with Crippen LogP contribution in [0.1, 0.15) is 41.1 Å². The number of methoxy groups -OCH3 is 1. The van der Waals surface area contributed by atoms with E-state index in [1.54, 1.807) is 19.2 Å². The summed E-state index contributed by atoms with van der Waals surface area (Å²) < 4.78 is 11.1. The highest BCUT2D eigenvalue weighted by molar-refractivity contribution is 6.18. The molecule has 116 valence electrons. The van der Waals surface area contributed by atoms with E-state index in [-0.39, 0.29) is 16.8 Å². The van der Waals surface area contributed by atoms with Gasteiger partial charge in [0, 0.05) is 23.2 Å². The van der Waals surface area contributed by atoms with Crippen LogP contribution in [-0.4, -0.2) is 17.9 Å². The van der Waals surface area contributed by atoms with Gasteiger partial charge in [-0.15, -0.1) is 0 Å². The van der Waals surface area contributed by atoms with Crippen molar-refractivity contribution in [2.45, 2.75) is 19.3 Å². The lowest BCUT2D eigenvalue weighted by Crippen LogP contribution is -2.29. The van der Waals surface area contributed by atoms with E-state index in [1.807, 2.05) is 19.9 Å². The molecule has 1 aliphatic rings. The average Bonchev–Trinajstić information content (AvgIpc) is 2.95. The zero-order valence-corrected chi connectivity index (χ0v) is 13.0. The summed E-state index contributed by atoms with van der Waals surface area (Å²) in [7, 11) is 1.59. The fourth-order valence-corrected chi connectivity index (χ4v) is 3.30. The number of ether oxygens (including phenoxy) is 1. The molecule has 0 amide bonds. The fourth-order valence-electron chi connectivity index (χ4n) is 3.30. The van der Waals surface area contributed by atoms with Gasteiger partial charge in [-0.1, -0.05) is 0 Å². The first-order chi connectivity index (χ1) is 10.9. The summed E-state index contributed by atoms with van der Waals surface area (Å²) in [6, 6.07) is 6.78. The van der Waals surface area contributed by atoms with Crippen molar-refractivity contribution in [2.75, 3.05) is 7.11 Å². The molecule has 2 heterocycles. The van der Waals surface area contributed by atoms with Gasteiger partial charge in [0.15, 0.2) is 11.4 Å². The number of nitrogens with one attached hydrogen (secondary N) is 1. The van der Waals surface area contributed by atoms with Crippen LogP contribution in [0.5, 0.6) is 5.75 Å². The monoisotopic (exact) mass is 309 g/mol. The van der Waals surface area contributed by atoms with Gasteiger partial charge in [-0.3, -0.25) is 9.59 Å². The summed E-state index contributed by atoms with van der Waals surface area (Å²) in [4.78, 5) is 28.0. The van der Waals surface area contributed by atoms with Crippen molar-refractivity contribution in [1.29, 1.82) is 0 Å². The SMILES string of the molecule is COc1ccc2c(c1)C(C)(C)c1oc3c(=O)cc[nH]c3c1C2=O. The molecular weight excluding hydrogens is 294 g/mol. The number of rotatable bonds is 1. The second kappa shape index (κ2) is 4.35. The van der Waals surface area contributed by atoms with Crippen LogP contribution in [0.2, 0.25) is 0 Å². The molecule has 0 spiro atoms. The van der Waals surface area contributed by atoms with E-state index in [2.05, 4.69) is 4.98 Å². The number of benzene rings is 1. The van der Waals surface area contributed by atoms with Gasteiger partial charge in [0.2, 0.25) is 5.43 Å². The first-order valence-corrected chi connectivity index (χ1v) is 7.33. The minimum atomic E-state index is -0.549. The molecule has 2 aromatic heterocycles. The fraction of sp³-hybridized carbons (Fsp3) is 0.222. The van der Waals surface area contributed by atoms with Crippen LogP contribution in [0.15, 0.2) is 39.7 Å². The van der Waals surface area contributed by atoms with Gasteiger partial charge in [-0.05, 0) is 37.6 Å². The molecule has 23 heavy (non-hydrogen) atoms. The maximum atomic E-state index is 13.0. The lowest BCUT2D eigenvalue weighted by molar-refractivity contribution is 0.102. The number of furan rings is 1. The van der Waals surface area contributed by atoms with Gasteiger partial charge in [-0.2, -0.15) is 0 Å². The molecular formula is C18H15NO4. The Labute approximate surface area is 131 Å². The molecule has 4 rings (SSSR count). The normalized spacial score (nSPS) is 15.3. The van der Waals surface area contributed by atoms with E-state index in [4.69, 9.17) is 9.15 Å². The van der Waals surface area contributed by atoms with Crippen LogP contribution in [0.4, 0.5) is 0 Å². The molecule has 1 aliphatic carbocycles. The smallest absolute Gasteiger partial charge is 0.224 e. The maximum absolute atomic E-state index is 13.0. The van der Waals surface area contributed by atoms with Crippen LogP contribution in [0, 0.1) is 0 Å².